The van der Waals surface area contributed by atoms with Crippen molar-refractivity contribution in [2.24, 2.45) is 0 Å². The fraction of sp³-hybridized carbons (Fsp3) is 0.0500. The molecule has 0 unspecified atom stereocenters. The van der Waals surface area contributed by atoms with Gasteiger partial charge in [0.25, 0.3) is 0 Å². The Morgan fingerprint density at radius 3 is 2.69 bits per heavy atom. The second kappa shape index (κ2) is 6.69. The van der Waals surface area contributed by atoms with Crippen molar-refractivity contribution in [3.63, 3.8) is 0 Å². The summed E-state index contributed by atoms with van der Waals surface area (Å²) in [6.07, 6.45) is 3.16. The molecule has 4 aromatic rings. The summed E-state index contributed by atoms with van der Waals surface area (Å²) in [6.45, 7) is 0. The van der Waals surface area contributed by atoms with Crippen LogP contribution in [0.4, 0.5) is 10.2 Å². The molecule has 128 valence electrons. The molecular weight excluding hydrogens is 351 g/mol. The van der Waals surface area contributed by atoms with E-state index in [4.69, 9.17) is 11.6 Å². The Morgan fingerprint density at radius 2 is 1.85 bits per heavy atom. The molecule has 0 fully saturated rings. The molecule has 26 heavy (non-hydrogen) atoms. The Bertz CT molecular complexity index is 1110. The summed E-state index contributed by atoms with van der Waals surface area (Å²) in [4.78, 5) is 12.9. The zero-order valence-electron chi connectivity index (χ0n) is 13.9. The smallest absolute Gasteiger partial charge is 0.137 e. The standard InChI is InChI=1S/C20H14ClFN4/c1-23-20-16-9-12(4-7-18(16)25-11-26-20)14-3-2-8-24-19(14)15-10-13(21)5-6-17(15)22/h2-11H,1H3,(H,23,25,26). The lowest BCUT2D eigenvalue weighted by atomic mass is 9.98. The molecule has 6 heteroatoms. The first-order valence-corrected chi connectivity index (χ1v) is 8.38. The van der Waals surface area contributed by atoms with Gasteiger partial charge in [0.2, 0.25) is 0 Å². The lowest BCUT2D eigenvalue weighted by molar-refractivity contribution is 0.631. The maximum atomic E-state index is 14.4. The van der Waals surface area contributed by atoms with Crippen LogP contribution in [-0.2, 0) is 0 Å². The molecule has 4 rings (SSSR count). The van der Waals surface area contributed by atoms with Crippen LogP contribution in [0.25, 0.3) is 33.3 Å². The Kier molecular flexibility index (Phi) is 4.22. The van der Waals surface area contributed by atoms with Gasteiger partial charge >= 0.3 is 0 Å². The predicted octanol–water partition coefficient (Wildman–Crippen LogP) is 5.19. The van der Waals surface area contributed by atoms with Crippen molar-refractivity contribution in [3.8, 4) is 22.4 Å². The average Bonchev–Trinajstić information content (AvgIpc) is 2.69. The van der Waals surface area contributed by atoms with E-state index in [1.807, 2.05) is 37.4 Å². The zero-order valence-corrected chi connectivity index (χ0v) is 14.6. The van der Waals surface area contributed by atoms with Gasteiger partial charge in [0.15, 0.2) is 0 Å². The fourth-order valence-electron chi connectivity index (χ4n) is 2.96. The minimum Gasteiger partial charge on any atom is -0.373 e. The lowest BCUT2D eigenvalue weighted by Gasteiger charge is -2.12. The summed E-state index contributed by atoms with van der Waals surface area (Å²) >= 11 is 6.06. The van der Waals surface area contributed by atoms with E-state index in [2.05, 4.69) is 20.3 Å². The molecule has 0 bridgehead atoms. The van der Waals surface area contributed by atoms with E-state index in [0.29, 0.717) is 16.3 Å². The third-order valence-corrected chi connectivity index (χ3v) is 4.41. The van der Waals surface area contributed by atoms with Gasteiger partial charge in [0, 0.05) is 34.8 Å². The summed E-state index contributed by atoms with van der Waals surface area (Å²) in [5, 5.41) is 4.41. The van der Waals surface area contributed by atoms with Crippen molar-refractivity contribution in [2.45, 2.75) is 0 Å². The number of hydrogen-bond donors (Lipinski definition) is 1. The number of anilines is 1. The second-order valence-electron chi connectivity index (χ2n) is 5.73. The number of aromatic nitrogens is 3. The number of rotatable bonds is 3. The number of halogens is 2. The third-order valence-electron chi connectivity index (χ3n) is 4.17. The van der Waals surface area contributed by atoms with Crippen LogP contribution in [0.1, 0.15) is 0 Å². The van der Waals surface area contributed by atoms with Crippen LogP contribution in [0, 0.1) is 5.82 Å². The molecular formula is C20H14ClFN4. The Morgan fingerprint density at radius 1 is 0.962 bits per heavy atom. The average molecular weight is 365 g/mol. The molecule has 2 aromatic carbocycles. The van der Waals surface area contributed by atoms with Gasteiger partial charge in [0.05, 0.1) is 11.2 Å². The van der Waals surface area contributed by atoms with Crippen molar-refractivity contribution in [1.29, 1.82) is 0 Å². The van der Waals surface area contributed by atoms with Gasteiger partial charge in [0.1, 0.15) is 18.0 Å². The van der Waals surface area contributed by atoms with Gasteiger partial charge in [-0.15, -0.1) is 0 Å². The van der Waals surface area contributed by atoms with E-state index >= 15 is 0 Å². The largest absolute Gasteiger partial charge is 0.373 e. The predicted molar refractivity (Wildman–Crippen MR) is 103 cm³/mol. The molecule has 4 nitrogen and oxygen atoms in total. The Hall–Kier alpha value is -3.05. The van der Waals surface area contributed by atoms with Crippen LogP contribution in [0.5, 0.6) is 0 Å². The fourth-order valence-corrected chi connectivity index (χ4v) is 3.13. The summed E-state index contributed by atoms with van der Waals surface area (Å²) in [6, 6.07) is 14.0. The van der Waals surface area contributed by atoms with Gasteiger partial charge in [-0.2, -0.15) is 0 Å². The molecule has 0 atom stereocenters. The normalized spacial score (nSPS) is 10.9. The number of nitrogens with one attached hydrogen (secondary N) is 1. The summed E-state index contributed by atoms with van der Waals surface area (Å²) in [7, 11) is 1.81. The van der Waals surface area contributed by atoms with E-state index < -0.39 is 0 Å². The molecule has 0 aliphatic rings. The third kappa shape index (κ3) is 2.86. The minimum atomic E-state index is -0.366. The Labute approximate surface area is 154 Å². The van der Waals surface area contributed by atoms with Gasteiger partial charge in [-0.25, -0.2) is 14.4 Å². The van der Waals surface area contributed by atoms with Gasteiger partial charge in [-0.05, 0) is 42.0 Å². The summed E-state index contributed by atoms with van der Waals surface area (Å²) in [5.74, 6) is 0.366. The van der Waals surface area contributed by atoms with Crippen LogP contribution >= 0.6 is 11.6 Å². The molecule has 2 heterocycles. The number of hydrogen-bond acceptors (Lipinski definition) is 4. The van der Waals surface area contributed by atoms with Gasteiger partial charge in [-0.3, -0.25) is 4.98 Å². The molecule has 0 spiro atoms. The van der Waals surface area contributed by atoms with Crippen molar-refractivity contribution in [2.75, 3.05) is 12.4 Å². The quantitative estimate of drug-likeness (QED) is 0.543. The van der Waals surface area contributed by atoms with Crippen LogP contribution in [0.3, 0.4) is 0 Å². The number of nitrogens with zero attached hydrogens (tertiary/aromatic N) is 3. The monoisotopic (exact) mass is 364 g/mol. The number of benzene rings is 2. The van der Waals surface area contributed by atoms with E-state index in [0.717, 1.165) is 27.8 Å². The van der Waals surface area contributed by atoms with Crippen molar-refractivity contribution >= 4 is 28.3 Å². The molecule has 0 saturated carbocycles. The summed E-state index contributed by atoms with van der Waals surface area (Å²) in [5.41, 5.74) is 3.43. The first-order valence-electron chi connectivity index (χ1n) is 8.00. The van der Waals surface area contributed by atoms with E-state index in [1.165, 1.54) is 18.5 Å². The zero-order chi connectivity index (χ0) is 18.1. The highest BCUT2D eigenvalue weighted by Gasteiger charge is 2.14. The van der Waals surface area contributed by atoms with Crippen molar-refractivity contribution in [1.82, 2.24) is 15.0 Å². The van der Waals surface area contributed by atoms with E-state index in [9.17, 15) is 4.39 Å². The second-order valence-corrected chi connectivity index (χ2v) is 6.16. The maximum absolute atomic E-state index is 14.4. The minimum absolute atomic E-state index is 0.366. The molecule has 0 aliphatic heterocycles. The van der Waals surface area contributed by atoms with Crippen LogP contribution < -0.4 is 5.32 Å². The Balaban J connectivity index is 1.95. The highest BCUT2D eigenvalue weighted by Crippen LogP contribution is 2.34. The van der Waals surface area contributed by atoms with Crippen molar-refractivity contribution < 1.29 is 4.39 Å². The molecule has 0 aliphatic carbocycles. The SMILES string of the molecule is CNc1ncnc2ccc(-c3cccnc3-c3cc(Cl)ccc3F)cc12. The molecule has 1 N–H and O–H groups in total. The highest BCUT2D eigenvalue weighted by molar-refractivity contribution is 6.30. The maximum Gasteiger partial charge on any atom is 0.137 e. The first kappa shape index (κ1) is 16.4. The van der Waals surface area contributed by atoms with Crippen LogP contribution in [0.2, 0.25) is 5.02 Å². The molecule has 0 radical (unpaired) electrons. The molecule has 0 saturated heterocycles. The molecule has 2 aromatic heterocycles. The topological polar surface area (TPSA) is 50.7 Å². The lowest BCUT2D eigenvalue weighted by Crippen LogP contribution is -1.96. The molecule has 0 amide bonds. The van der Waals surface area contributed by atoms with E-state index in [-0.39, 0.29) is 5.82 Å². The highest BCUT2D eigenvalue weighted by atomic mass is 35.5. The van der Waals surface area contributed by atoms with Gasteiger partial charge < -0.3 is 5.32 Å². The van der Waals surface area contributed by atoms with Crippen LogP contribution in [0.15, 0.2) is 61.1 Å². The first-order chi connectivity index (χ1) is 12.7. The van der Waals surface area contributed by atoms with Gasteiger partial charge in [-0.1, -0.05) is 23.7 Å². The van der Waals surface area contributed by atoms with E-state index in [1.54, 1.807) is 12.3 Å². The number of pyridine rings is 1. The summed E-state index contributed by atoms with van der Waals surface area (Å²) < 4.78 is 14.4. The number of fused-ring (bicyclic) bond motifs is 1. The van der Waals surface area contributed by atoms with Crippen LogP contribution in [-0.4, -0.2) is 22.0 Å². The van der Waals surface area contributed by atoms with Crippen molar-refractivity contribution in [3.05, 3.63) is 71.9 Å².